The van der Waals surface area contributed by atoms with E-state index >= 15 is 0 Å². The molecule has 0 aromatic heterocycles. The first-order valence-corrected chi connectivity index (χ1v) is 10.1. The molecule has 0 spiro atoms. The minimum atomic E-state index is -0.296. The number of hydrazine groups is 1. The highest BCUT2D eigenvalue weighted by molar-refractivity contribution is 6.05. The Morgan fingerprint density at radius 2 is 1.66 bits per heavy atom. The van der Waals surface area contributed by atoms with Gasteiger partial charge in [0, 0.05) is 57.3 Å². The summed E-state index contributed by atoms with van der Waals surface area (Å²) in [6.07, 6.45) is 2.86. The summed E-state index contributed by atoms with van der Waals surface area (Å²) in [5, 5.41) is 2.35. The molecular weight excluding hydrogens is 374 g/mol. The topological polar surface area (TPSA) is 79.4 Å². The molecule has 0 radical (unpaired) electrons. The fourth-order valence-corrected chi connectivity index (χ4v) is 4.55. The number of piperidine rings is 2. The molecule has 0 N–H and O–H groups in total. The molecule has 3 aliphatic heterocycles. The molecule has 8 heteroatoms. The lowest BCUT2D eigenvalue weighted by Crippen LogP contribution is -2.52. The standard InChI is InChI=1S/C21H27N3O5/c1-28-21(29-2)14-8-10-22(11-9-14)16-7-6-15-13-23(20(27)17(15)12-16)24-18(25)4-3-5-19(24)26/h6-7,12,14,21H,3-5,8-11,13H2,1-2H3. The van der Waals surface area contributed by atoms with Crippen LogP contribution < -0.4 is 4.90 Å². The summed E-state index contributed by atoms with van der Waals surface area (Å²) < 4.78 is 10.8. The molecule has 0 atom stereocenters. The van der Waals surface area contributed by atoms with Crippen LogP contribution in [0.1, 0.15) is 48.0 Å². The minimum absolute atomic E-state index is 0.188. The van der Waals surface area contributed by atoms with Crippen LogP contribution in [0.2, 0.25) is 0 Å². The summed E-state index contributed by atoms with van der Waals surface area (Å²) in [5.74, 6) is -0.519. The molecule has 3 heterocycles. The second kappa shape index (κ2) is 8.12. The van der Waals surface area contributed by atoms with Crippen molar-refractivity contribution in [1.29, 1.82) is 0 Å². The zero-order valence-electron chi connectivity index (χ0n) is 16.9. The molecule has 0 unspecified atom stereocenters. The van der Waals surface area contributed by atoms with Crippen LogP contribution in [0.3, 0.4) is 0 Å². The number of benzene rings is 1. The van der Waals surface area contributed by atoms with Crippen LogP contribution in [-0.2, 0) is 25.6 Å². The molecule has 3 aliphatic rings. The van der Waals surface area contributed by atoms with Crippen molar-refractivity contribution in [3.05, 3.63) is 29.3 Å². The number of hydrogen-bond donors (Lipinski definition) is 0. The molecule has 0 aliphatic carbocycles. The Bertz CT molecular complexity index is 799. The molecule has 8 nitrogen and oxygen atoms in total. The number of ether oxygens (including phenoxy) is 2. The van der Waals surface area contributed by atoms with Crippen LogP contribution in [0.4, 0.5) is 5.69 Å². The zero-order chi connectivity index (χ0) is 20.5. The summed E-state index contributed by atoms with van der Waals surface area (Å²) in [4.78, 5) is 39.7. The molecule has 1 aromatic rings. The Morgan fingerprint density at radius 3 is 2.28 bits per heavy atom. The molecule has 0 saturated carbocycles. The van der Waals surface area contributed by atoms with Crippen molar-refractivity contribution in [2.45, 2.75) is 44.9 Å². The van der Waals surface area contributed by atoms with Crippen LogP contribution in [0.5, 0.6) is 0 Å². The lowest BCUT2D eigenvalue weighted by Gasteiger charge is -2.36. The van der Waals surface area contributed by atoms with E-state index in [1.165, 1.54) is 5.01 Å². The monoisotopic (exact) mass is 401 g/mol. The lowest BCUT2D eigenvalue weighted by molar-refractivity contribution is -0.163. The third-order valence-electron chi connectivity index (χ3n) is 6.13. The van der Waals surface area contributed by atoms with Gasteiger partial charge in [-0.05, 0) is 37.0 Å². The summed E-state index contributed by atoms with van der Waals surface area (Å²) >= 11 is 0. The van der Waals surface area contributed by atoms with Crippen LogP contribution in [0, 0.1) is 5.92 Å². The maximum absolute atomic E-state index is 13.0. The first kappa shape index (κ1) is 19.8. The molecular formula is C21H27N3O5. The third kappa shape index (κ3) is 3.62. The van der Waals surface area contributed by atoms with Gasteiger partial charge < -0.3 is 14.4 Å². The van der Waals surface area contributed by atoms with E-state index in [9.17, 15) is 14.4 Å². The summed E-state index contributed by atoms with van der Waals surface area (Å²) in [6.45, 7) is 1.97. The Balaban J connectivity index is 1.47. The highest BCUT2D eigenvalue weighted by Crippen LogP contribution is 2.32. The molecule has 2 saturated heterocycles. The number of carbonyl (C=O) groups is 3. The second-order valence-corrected chi connectivity index (χ2v) is 7.82. The fraction of sp³-hybridized carbons (Fsp3) is 0.571. The lowest BCUT2D eigenvalue weighted by atomic mass is 9.95. The van der Waals surface area contributed by atoms with Crippen LogP contribution in [-0.4, -0.2) is 61.3 Å². The number of methoxy groups -OCH3 is 2. The highest BCUT2D eigenvalue weighted by Gasteiger charge is 2.39. The van der Waals surface area contributed by atoms with Crippen molar-refractivity contribution in [2.24, 2.45) is 5.92 Å². The Morgan fingerprint density at radius 1 is 1.00 bits per heavy atom. The molecule has 1 aromatic carbocycles. The SMILES string of the molecule is COC(OC)C1CCN(c2ccc3c(c2)C(=O)N(N2C(=O)CCCC2=O)C3)CC1. The van der Waals surface area contributed by atoms with Crippen molar-refractivity contribution in [1.82, 2.24) is 10.0 Å². The van der Waals surface area contributed by atoms with Crippen molar-refractivity contribution in [2.75, 3.05) is 32.2 Å². The first-order chi connectivity index (χ1) is 14.0. The van der Waals surface area contributed by atoms with Gasteiger partial charge in [0.05, 0.1) is 6.54 Å². The molecule has 2 fully saturated rings. The van der Waals surface area contributed by atoms with Crippen LogP contribution in [0.15, 0.2) is 18.2 Å². The molecule has 3 amide bonds. The fourth-order valence-electron chi connectivity index (χ4n) is 4.55. The minimum Gasteiger partial charge on any atom is -0.371 e. The Kier molecular flexibility index (Phi) is 5.56. The normalized spacial score (nSPS) is 20.8. The number of rotatable bonds is 5. The van der Waals surface area contributed by atoms with Crippen molar-refractivity contribution in [3.63, 3.8) is 0 Å². The molecule has 156 valence electrons. The van der Waals surface area contributed by atoms with Gasteiger partial charge in [-0.1, -0.05) is 6.07 Å². The van der Waals surface area contributed by atoms with E-state index in [-0.39, 0.29) is 30.6 Å². The van der Waals surface area contributed by atoms with Gasteiger partial charge in [-0.3, -0.25) is 14.4 Å². The number of nitrogens with zero attached hydrogens (tertiary/aromatic N) is 3. The van der Waals surface area contributed by atoms with Gasteiger partial charge in [0.25, 0.3) is 5.91 Å². The van der Waals surface area contributed by atoms with E-state index in [2.05, 4.69) is 4.90 Å². The van der Waals surface area contributed by atoms with Crippen molar-refractivity contribution >= 4 is 23.4 Å². The number of amides is 3. The van der Waals surface area contributed by atoms with Crippen LogP contribution in [0.25, 0.3) is 0 Å². The van der Waals surface area contributed by atoms with Crippen molar-refractivity contribution in [3.8, 4) is 0 Å². The quantitative estimate of drug-likeness (QED) is 0.554. The largest absolute Gasteiger partial charge is 0.371 e. The number of imide groups is 1. The maximum Gasteiger partial charge on any atom is 0.273 e. The summed E-state index contributed by atoms with van der Waals surface area (Å²) in [7, 11) is 3.33. The molecule has 4 rings (SSSR count). The van der Waals surface area contributed by atoms with E-state index in [1.807, 2.05) is 18.2 Å². The van der Waals surface area contributed by atoms with Gasteiger partial charge >= 0.3 is 0 Å². The van der Waals surface area contributed by atoms with Gasteiger partial charge in [0.2, 0.25) is 11.8 Å². The van der Waals surface area contributed by atoms with Gasteiger partial charge in [0.15, 0.2) is 6.29 Å². The maximum atomic E-state index is 13.0. The van der Waals surface area contributed by atoms with Gasteiger partial charge in [0.1, 0.15) is 0 Å². The van der Waals surface area contributed by atoms with Crippen molar-refractivity contribution < 1.29 is 23.9 Å². The van der Waals surface area contributed by atoms with Crippen LogP contribution >= 0.6 is 0 Å². The number of hydrogen-bond acceptors (Lipinski definition) is 6. The summed E-state index contributed by atoms with van der Waals surface area (Å²) in [5.41, 5.74) is 2.40. The predicted octanol–water partition coefficient (Wildman–Crippen LogP) is 1.93. The molecule has 0 bridgehead atoms. The van der Waals surface area contributed by atoms with E-state index < -0.39 is 0 Å². The summed E-state index contributed by atoms with van der Waals surface area (Å²) in [6, 6.07) is 5.83. The van der Waals surface area contributed by atoms with E-state index in [4.69, 9.17) is 9.47 Å². The van der Waals surface area contributed by atoms with E-state index in [0.717, 1.165) is 42.2 Å². The van der Waals surface area contributed by atoms with Gasteiger partial charge in [-0.25, -0.2) is 5.01 Å². The van der Waals surface area contributed by atoms with E-state index in [0.29, 0.717) is 30.7 Å². The predicted molar refractivity (Wildman–Crippen MR) is 105 cm³/mol. The van der Waals surface area contributed by atoms with Gasteiger partial charge in [-0.15, -0.1) is 0 Å². The second-order valence-electron chi connectivity index (χ2n) is 7.82. The number of fused-ring (bicyclic) bond motifs is 1. The number of anilines is 1. The average molecular weight is 401 g/mol. The third-order valence-corrected chi connectivity index (χ3v) is 6.13. The average Bonchev–Trinajstić information content (AvgIpc) is 3.05. The Labute approximate surface area is 170 Å². The molecule has 29 heavy (non-hydrogen) atoms. The van der Waals surface area contributed by atoms with E-state index in [1.54, 1.807) is 14.2 Å². The zero-order valence-corrected chi connectivity index (χ0v) is 16.9. The van der Waals surface area contributed by atoms with Gasteiger partial charge in [-0.2, -0.15) is 5.01 Å². The first-order valence-electron chi connectivity index (χ1n) is 10.1. The smallest absolute Gasteiger partial charge is 0.273 e. The Hall–Kier alpha value is -2.45. The highest BCUT2D eigenvalue weighted by atomic mass is 16.7. The number of carbonyl (C=O) groups excluding carboxylic acids is 3.